The van der Waals surface area contributed by atoms with Crippen LogP contribution in [0.15, 0.2) is 0 Å². The highest BCUT2D eigenvalue weighted by Gasteiger charge is 2.46. The van der Waals surface area contributed by atoms with Crippen LogP contribution < -0.4 is 0 Å². The van der Waals surface area contributed by atoms with Gasteiger partial charge in [-0.3, -0.25) is 9.59 Å². The second-order valence-corrected chi connectivity index (χ2v) is 5.74. The van der Waals surface area contributed by atoms with E-state index in [-0.39, 0.29) is 11.8 Å². The maximum Gasteiger partial charge on any atom is 0.319 e. The number of ether oxygens (including phenoxy) is 1. The Balaban J connectivity index is 2.91. The van der Waals surface area contributed by atoms with Crippen molar-refractivity contribution >= 4 is 11.8 Å². The van der Waals surface area contributed by atoms with Crippen LogP contribution in [0.4, 0.5) is 0 Å². The number of carbonyl (C=O) groups excluding carboxylic acids is 2. The molecule has 1 aliphatic rings. The van der Waals surface area contributed by atoms with E-state index in [0.29, 0.717) is 31.8 Å². The van der Waals surface area contributed by atoms with Crippen LogP contribution in [0.2, 0.25) is 0 Å². The predicted molar refractivity (Wildman–Crippen MR) is 71.2 cm³/mol. The molecule has 0 saturated heterocycles. The third-order valence-corrected chi connectivity index (χ3v) is 3.75. The minimum absolute atomic E-state index is 0.0952. The summed E-state index contributed by atoms with van der Waals surface area (Å²) in [6.45, 7) is 6.20. The van der Waals surface area contributed by atoms with Crippen LogP contribution in [0.5, 0.6) is 0 Å². The zero-order valence-electron chi connectivity index (χ0n) is 12.0. The van der Waals surface area contributed by atoms with E-state index >= 15 is 0 Å². The Bertz CT molecular complexity index is 286. The molecule has 1 saturated carbocycles. The van der Waals surface area contributed by atoms with Crippen molar-refractivity contribution in [3.8, 4) is 0 Å². The minimum atomic E-state index is -0.837. The molecule has 1 fully saturated rings. The summed E-state index contributed by atoms with van der Waals surface area (Å²) in [5, 5.41) is 0. The van der Waals surface area contributed by atoms with Crippen molar-refractivity contribution < 1.29 is 14.3 Å². The van der Waals surface area contributed by atoms with E-state index < -0.39 is 5.41 Å². The van der Waals surface area contributed by atoms with E-state index in [2.05, 4.69) is 0 Å². The lowest BCUT2D eigenvalue weighted by atomic mass is 9.74. The van der Waals surface area contributed by atoms with Gasteiger partial charge >= 0.3 is 5.97 Å². The summed E-state index contributed by atoms with van der Waals surface area (Å²) in [5.41, 5.74) is -0.837. The van der Waals surface area contributed by atoms with Crippen molar-refractivity contribution in [2.75, 3.05) is 6.61 Å². The SMILES string of the molecule is CCOC(=O)C1(C(=O)CC(C)C)CCCCCC1. The number of Topliss-reactive ketones (excluding diaryl/α,β-unsaturated/α-hetero) is 1. The van der Waals surface area contributed by atoms with Crippen LogP contribution >= 0.6 is 0 Å². The zero-order valence-corrected chi connectivity index (χ0v) is 12.0. The van der Waals surface area contributed by atoms with E-state index in [4.69, 9.17) is 4.74 Å². The molecule has 0 radical (unpaired) electrons. The Hall–Kier alpha value is -0.860. The lowest BCUT2D eigenvalue weighted by molar-refractivity contribution is -0.161. The normalized spacial score (nSPS) is 19.3. The van der Waals surface area contributed by atoms with Gasteiger partial charge in [-0.1, -0.05) is 39.5 Å². The number of ketones is 1. The molecular formula is C15H26O3. The third-order valence-electron chi connectivity index (χ3n) is 3.75. The van der Waals surface area contributed by atoms with E-state index in [1.807, 2.05) is 13.8 Å². The highest BCUT2D eigenvalue weighted by Crippen LogP contribution is 2.38. The van der Waals surface area contributed by atoms with Crippen molar-refractivity contribution in [1.82, 2.24) is 0 Å². The van der Waals surface area contributed by atoms with Crippen molar-refractivity contribution in [3.63, 3.8) is 0 Å². The summed E-state index contributed by atoms with van der Waals surface area (Å²) in [5.74, 6) is 0.113. The second-order valence-electron chi connectivity index (χ2n) is 5.74. The summed E-state index contributed by atoms with van der Waals surface area (Å²) < 4.78 is 5.18. The monoisotopic (exact) mass is 254 g/mol. The number of esters is 1. The topological polar surface area (TPSA) is 43.4 Å². The zero-order chi connectivity index (χ0) is 13.6. The van der Waals surface area contributed by atoms with Gasteiger partial charge in [-0.25, -0.2) is 0 Å². The molecule has 0 aromatic rings. The fourth-order valence-corrected chi connectivity index (χ4v) is 2.76. The molecule has 0 unspecified atom stereocenters. The van der Waals surface area contributed by atoms with Gasteiger partial charge in [0.15, 0.2) is 0 Å². The number of rotatable bonds is 5. The van der Waals surface area contributed by atoms with Crippen LogP contribution in [0.1, 0.15) is 65.7 Å². The molecule has 0 bridgehead atoms. The molecule has 0 heterocycles. The molecule has 1 rings (SSSR count). The second kappa shape index (κ2) is 6.91. The van der Waals surface area contributed by atoms with Gasteiger partial charge in [-0.15, -0.1) is 0 Å². The van der Waals surface area contributed by atoms with E-state index in [1.165, 1.54) is 0 Å². The predicted octanol–water partition coefficient (Wildman–Crippen LogP) is 3.51. The number of hydrogen-bond acceptors (Lipinski definition) is 3. The highest BCUT2D eigenvalue weighted by molar-refractivity contribution is 6.03. The van der Waals surface area contributed by atoms with Gasteiger partial charge in [0.05, 0.1) is 6.61 Å². The summed E-state index contributed by atoms with van der Waals surface area (Å²) in [6.07, 6.45) is 6.01. The van der Waals surface area contributed by atoms with Crippen LogP contribution in [-0.4, -0.2) is 18.4 Å². The molecule has 18 heavy (non-hydrogen) atoms. The highest BCUT2D eigenvalue weighted by atomic mass is 16.5. The molecule has 104 valence electrons. The van der Waals surface area contributed by atoms with E-state index in [9.17, 15) is 9.59 Å². The quantitative estimate of drug-likeness (QED) is 0.428. The Morgan fingerprint density at radius 1 is 1.11 bits per heavy atom. The summed E-state index contributed by atoms with van der Waals surface area (Å²) >= 11 is 0. The van der Waals surface area contributed by atoms with Gasteiger partial charge in [0, 0.05) is 6.42 Å². The smallest absolute Gasteiger partial charge is 0.319 e. The van der Waals surface area contributed by atoms with Crippen molar-refractivity contribution in [2.45, 2.75) is 65.7 Å². The molecule has 0 N–H and O–H groups in total. The molecular weight excluding hydrogens is 228 g/mol. The molecule has 0 amide bonds. The maximum atomic E-state index is 12.5. The van der Waals surface area contributed by atoms with Gasteiger partial charge in [0.25, 0.3) is 0 Å². The standard InChI is InChI=1S/C15H26O3/c1-4-18-14(17)15(13(16)11-12(2)3)9-7-5-6-8-10-15/h12H,4-11H2,1-3H3. The largest absolute Gasteiger partial charge is 0.465 e. The average Bonchev–Trinajstić information content (AvgIpc) is 2.54. The first-order chi connectivity index (χ1) is 8.53. The molecule has 0 aromatic carbocycles. The Morgan fingerprint density at radius 3 is 2.11 bits per heavy atom. The van der Waals surface area contributed by atoms with Crippen molar-refractivity contribution in [3.05, 3.63) is 0 Å². The minimum Gasteiger partial charge on any atom is -0.465 e. The summed E-state index contributed by atoms with van der Waals surface area (Å²) in [6, 6.07) is 0. The summed E-state index contributed by atoms with van der Waals surface area (Å²) in [4.78, 5) is 24.8. The van der Waals surface area contributed by atoms with Crippen molar-refractivity contribution in [1.29, 1.82) is 0 Å². The third kappa shape index (κ3) is 3.56. The fraction of sp³-hybridized carbons (Fsp3) is 0.867. The number of hydrogen-bond donors (Lipinski definition) is 0. The average molecular weight is 254 g/mol. The first-order valence-electron chi connectivity index (χ1n) is 7.23. The van der Waals surface area contributed by atoms with Gasteiger partial charge in [-0.2, -0.15) is 0 Å². The summed E-state index contributed by atoms with van der Waals surface area (Å²) in [7, 11) is 0. The van der Waals surface area contributed by atoms with Crippen LogP contribution in [-0.2, 0) is 14.3 Å². The Kier molecular flexibility index (Phi) is 5.83. The first-order valence-corrected chi connectivity index (χ1v) is 7.23. The van der Waals surface area contributed by atoms with Gasteiger partial charge in [0.2, 0.25) is 0 Å². The van der Waals surface area contributed by atoms with Crippen LogP contribution in [0.3, 0.4) is 0 Å². The Morgan fingerprint density at radius 2 is 1.67 bits per heavy atom. The van der Waals surface area contributed by atoms with Crippen LogP contribution in [0, 0.1) is 11.3 Å². The number of carbonyl (C=O) groups is 2. The fourth-order valence-electron chi connectivity index (χ4n) is 2.76. The molecule has 3 nitrogen and oxygen atoms in total. The van der Waals surface area contributed by atoms with Gasteiger partial charge < -0.3 is 4.74 Å². The van der Waals surface area contributed by atoms with E-state index in [0.717, 1.165) is 25.7 Å². The maximum absolute atomic E-state index is 12.5. The lowest BCUT2D eigenvalue weighted by Gasteiger charge is -2.29. The lowest BCUT2D eigenvalue weighted by Crippen LogP contribution is -2.41. The van der Waals surface area contributed by atoms with Crippen molar-refractivity contribution in [2.24, 2.45) is 11.3 Å². The van der Waals surface area contributed by atoms with Gasteiger partial charge in [0.1, 0.15) is 11.2 Å². The Labute approximate surface area is 110 Å². The molecule has 0 spiro atoms. The molecule has 0 aliphatic heterocycles. The molecule has 1 aliphatic carbocycles. The molecule has 0 aromatic heterocycles. The van der Waals surface area contributed by atoms with Crippen LogP contribution in [0.25, 0.3) is 0 Å². The molecule has 3 heteroatoms. The molecule has 0 atom stereocenters. The van der Waals surface area contributed by atoms with E-state index in [1.54, 1.807) is 6.92 Å². The first kappa shape index (κ1) is 15.2. The van der Waals surface area contributed by atoms with Gasteiger partial charge in [-0.05, 0) is 25.7 Å².